The van der Waals surface area contributed by atoms with E-state index in [0.717, 1.165) is 11.3 Å². The summed E-state index contributed by atoms with van der Waals surface area (Å²) in [5.74, 6) is -1.09. The molecule has 0 spiro atoms. The first-order valence-corrected chi connectivity index (χ1v) is 9.35. The van der Waals surface area contributed by atoms with E-state index in [1.165, 1.54) is 10.4 Å². The topological polar surface area (TPSA) is 77.9 Å². The van der Waals surface area contributed by atoms with E-state index in [4.69, 9.17) is 0 Å². The molecule has 22 heavy (non-hydrogen) atoms. The first kappa shape index (κ1) is 17.4. The van der Waals surface area contributed by atoms with Crippen molar-refractivity contribution in [3.8, 4) is 0 Å². The monoisotopic (exact) mass is 346 g/mol. The van der Waals surface area contributed by atoms with Gasteiger partial charge in [-0.3, -0.25) is 0 Å². The molecule has 1 aliphatic heterocycles. The molecule has 8 heteroatoms. The van der Waals surface area contributed by atoms with Crippen molar-refractivity contribution in [1.29, 1.82) is 0 Å². The lowest BCUT2D eigenvalue weighted by atomic mass is 9.95. The summed E-state index contributed by atoms with van der Waals surface area (Å²) in [5.41, 5.74) is -0.423. The van der Waals surface area contributed by atoms with Gasteiger partial charge in [0.15, 0.2) is 0 Å². The van der Waals surface area contributed by atoms with Crippen molar-refractivity contribution < 1.29 is 18.3 Å². The third-order valence-electron chi connectivity index (χ3n) is 3.67. The third kappa shape index (κ3) is 3.34. The molecule has 0 bridgehead atoms. The van der Waals surface area contributed by atoms with Gasteiger partial charge in [-0.2, -0.15) is 4.31 Å². The molecule has 1 fully saturated rings. The first-order chi connectivity index (χ1) is 10.0. The normalized spacial score (nSPS) is 18.5. The zero-order valence-electron chi connectivity index (χ0n) is 13.3. The van der Waals surface area contributed by atoms with E-state index in [1.54, 1.807) is 0 Å². The molecule has 2 heterocycles. The maximum Gasteiger partial charge on any atom is 0.345 e. The van der Waals surface area contributed by atoms with Gasteiger partial charge in [0.25, 0.3) is 0 Å². The molecule has 0 aliphatic carbocycles. The lowest BCUT2D eigenvalue weighted by molar-refractivity contribution is 0.0702. The Morgan fingerprint density at radius 2 is 1.77 bits per heavy atom. The Hall–Kier alpha value is -0.960. The number of hydrogen-bond donors (Lipinski definition) is 1. The van der Waals surface area contributed by atoms with Crippen LogP contribution in [0, 0.1) is 0 Å². The SMILES string of the molecule is CN1CCN(S(=O)(=O)c2cc(C(=O)O)sc2C(C)(C)C)CC1. The minimum Gasteiger partial charge on any atom is -0.477 e. The van der Waals surface area contributed by atoms with E-state index in [2.05, 4.69) is 4.90 Å². The number of nitrogens with zero attached hydrogens (tertiary/aromatic N) is 2. The van der Waals surface area contributed by atoms with Crippen LogP contribution in [0.5, 0.6) is 0 Å². The standard InChI is InChI=1S/C14H22N2O4S2/c1-14(2,3)12-11(9-10(21-12)13(17)18)22(19,20)16-7-5-15(4)6-8-16/h9H,5-8H2,1-4H3,(H,17,18). The van der Waals surface area contributed by atoms with Gasteiger partial charge in [-0.05, 0) is 18.5 Å². The molecule has 1 aliphatic rings. The maximum absolute atomic E-state index is 12.9. The summed E-state index contributed by atoms with van der Waals surface area (Å²) in [5, 5.41) is 9.19. The van der Waals surface area contributed by atoms with Crippen LogP contribution in [-0.2, 0) is 15.4 Å². The molecular weight excluding hydrogens is 324 g/mol. The summed E-state index contributed by atoms with van der Waals surface area (Å²) in [6.07, 6.45) is 0. The van der Waals surface area contributed by atoms with Crippen LogP contribution in [0.2, 0.25) is 0 Å². The van der Waals surface area contributed by atoms with Gasteiger partial charge in [0.2, 0.25) is 10.0 Å². The summed E-state index contributed by atoms with van der Waals surface area (Å²) < 4.78 is 27.3. The molecular formula is C14H22N2O4S2. The number of likely N-dealkylation sites (N-methyl/N-ethyl adjacent to an activating group) is 1. The zero-order valence-corrected chi connectivity index (χ0v) is 14.9. The van der Waals surface area contributed by atoms with Crippen LogP contribution >= 0.6 is 11.3 Å². The lowest BCUT2D eigenvalue weighted by Crippen LogP contribution is -2.47. The van der Waals surface area contributed by atoms with Crippen LogP contribution in [0.4, 0.5) is 0 Å². The van der Waals surface area contributed by atoms with E-state index in [9.17, 15) is 18.3 Å². The van der Waals surface area contributed by atoms with Gasteiger partial charge in [-0.15, -0.1) is 11.3 Å². The number of piperazine rings is 1. The van der Waals surface area contributed by atoms with Crippen molar-refractivity contribution >= 4 is 27.3 Å². The summed E-state index contributed by atoms with van der Waals surface area (Å²) in [6.45, 7) is 7.91. The molecule has 0 unspecified atom stereocenters. The fourth-order valence-corrected chi connectivity index (χ4v) is 5.56. The van der Waals surface area contributed by atoms with Crippen molar-refractivity contribution in [2.45, 2.75) is 31.1 Å². The van der Waals surface area contributed by atoms with Crippen LogP contribution in [-0.4, -0.2) is 61.9 Å². The summed E-state index contributed by atoms with van der Waals surface area (Å²) in [4.78, 5) is 14.1. The molecule has 0 aromatic carbocycles. The number of carboxylic acid groups (broad SMARTS) is 1. The molecule has 1 aromatic heterocycles. The largest absolute Gasteiger partial charge is 0.477 e. The third-order valence-corrected chi connectivity index (χ3v) is 7.27. The predicted octanol–water partition coefficient (Wildman–Crippen LogP) is 1.68. The van der Waals surface area contributed by atoms with E-state index in [-0.39, 0.29) is 9.77 Å². The second-order valence-electron chi connectivity index (χ2n) is 6.57. The summed E-state index contributed by atoms with van der Waals surface area (Å²) in [6, 6.07) is 1.31. The van der Waals surface area contributed by atoms with Gasteiger partial charge in [0.1, 0.15) is 4.88 Å². The van der Waals surface area contributed by atoms with Gasteiger partial charge in [0.05, 0.1) is 4.90 Å². The van der Waals surface area contributed by atoms with Gasteiger partial charge >= 0.3 is 5.97 Å². The molecule has 0 atom stereocenters. The Morgan fingerprint density at radius 1 is 1.23 bits per heavy atom. The van der Waals surface area contributed by atoms with Crippen LogP contribution in [0.1, 0.15) is 35.3 Å². The molecule has 0 amide bonds. The molecule has 6 nitrogen and oxygen atoms in total. The average molecular weight is 346 g/mol. The number of rotatable bonds is 3. The maximum atomic E-state index is 12.9. The second kappa shape index (κ2) is 5.92. The summed E-state index contributed by atoms with van der Waals surface area (Å²) in [7, 11) is -1.70. The average Bonchev–Trinajstić information content (AvgIpc) is 2.85. The Morgan fingerprint density at radius 3 is 2.23 bits per heavy atom. The Balaban J connectivity index is 2.48. The highest BCUT2D eigenvalue weighted by Crippen LogP contribution is 2.37. The minimum atomic E-state index is -3.66. The molecule has 1 aromatic rings. The molecule has 124 valence electrons. The Bertz CT molecular complexity index is 666. The highest BCUT2D eigenvalue weighted by Gasteiger charge is 2.35. The first-order valence-electron chi connectivity index (χ1n) is 7.10. The van der Waals surface area contributed by atoms with E-state index < -0.39 is 21.4 Å². The number of carboxylic acids is 1. The van der Waals surface area contributed by atoms with E-state index in [1.807, 2.05) is 27.8 Å². The smallest absolute Gasteiger partial charge is 0.345 e. The molecule has 0 saturated carbocycles. The Labute approximate surface area is 135 Å². The van der Waals surface area contributed by atoms with Gasteiger partial charge in [-0.1, -0.05) is 20.8 Å². The number of carbonyl (C=O) groups is 1. The van der Waals surface area contributed by atoms with Crippen LogP contribution in [0.15, 0.2) is 11.0 Å². The van der Waals surface area contributed by atoms with Crippen molar-refractivity contribution in [2.75, 3.05) is 33.2 Å². The quantitative estimate of drug-likeness (QED) is 0.901. The highest BCUT2D eigenvalue weighted by molar-refractivity contribution is 7.89. The second-order valence-corrected chi connectivity index (χ2v) is 9.53. The van der Waals surface area contributed by atoms with Crippen molar-refractivity contribution in [2.24, 2.45) is 0 Å². The van der Waals surface area contributed by atoms with Crippen LogP contribution in [0.3, 0.4) is 0 Å². The van der Waals surface area contributed by atoms with Gasteiger partial charge in [-0.25, -0.2) is 13.2 Å². The summed E-state index contributed by atoms with van der Waals surface area (Å²) >= 11 is 1.05. The van der Waals surface area contributed by atoms with Gasteiger partial charge < -0.3 is 10.0 Å². The number of aromatic carboxylic acids is 1. The predicted molar refractivity (Wildman–Crippen MR) is 86.2 cm³/mol. The fourth-order valence-electron chi connectivity index (χ4n) is 2.36. The van der Waals surface area contributed by atoms with Crippen molar-refractivity contribution in [3.63, 3.8) is 0 Å². The zero-order chi connectivity index (χ0) is 16.7. The van der Waals surface area contributed by atoms with Crippen LogP contribution in [0.25, 0.3) is 0 Å². The number of hydrogen-bond acceptors (Lipinski definition) is 5. The highest BCUT2D eigenvalue weighted by atomic mass is 32.2. The van der Waals surface area contributed by atoms with Gasteiger partial charge in [0, 0.05) is 31.1 Å². The van der Waals surface area contributed by atoms with Crippen LogP contribution < -0.4 is 0 Å². The van der Waals surface area contributed by atoms with E-state index >= 15 is 0 Å². The lowest BCUT2D eigenvalue weighted by Gasteiger charge is -2.32. The van der Waals surface area contributed by atoms with Crippen molar-refractivity contribution in [3.05, 3.63) is 15.8 Å². The molecule has 0 radical (unpaired) electrons. The number of sulfonamides is 1. The minimum absolute atomic E-state index is 0.0672. The molecule has 1 N–H and O–H groups in total. The molecule has 1 saturated heterocycles. The fraction of sp³-hybridized carbons (Fsp3) is 0.643. The van der Waals surface area contributed by atoms with E-state index in [0.29, 0.717) is 31.1 Å². The van der Waals surface area contributed by atoms with Crippen molar-refractivity contribution in [1.82, 2.24) is 9.21 Å². The Kier molecular flexibility index (Phi) is 4.68. The molecule has 2 rings (SSSR count). The number of thiophene rings is 1.